The van der Waals surface area contributed by atoms with Crippen molar-refractivity contribution >= 4 is 39.6 Å². The standard InChI is InChI=1S/C8H3N2O2.Na/c11-7-3-1-2-5-6(7)4-9-10-8(5)12;/h1-3H;. The molecule has 13 heavy (non-hydrogen) atoms. The van der Waals surface area contributed by atoms with Gasteiger partial charge in [-0.05, 0) is 0 Å². The van der Waals surface area contributed by atoms with E-state index in [1.807, 2.05) is 0 Å². The van der Waals surface area contributed by atoms with E-state index in [0.717, 1.165) is 0 Å². The van der Waals surface area contributed by atoms with Crippen LogP contribution in [0.25, 0.3) is 0 Å². The number of carbonyl (C=O) groups is 2. The van der Waals surface area contributed by atoms with E-state index < -0.39 is 5.91 Å². The Labute approximate surface area is 91.5 Å². The second kappa shape index (κ2) is 3.14. The van der Waals surface area contributed by atoms with Crippen LogP contribution in [0.1, 0.15) is 0 Å². The Bertz CT molecular complexity index is 429. The summed E-state index contributed by atoms with van der Waals surface area (Å²) in [5.74, 6) is -0.568. The van der Waals surface area contributed by atoms with Crippen molar-refractivity contribution < 1.29 is 9.59 Å². The summed E-state index contributed by atoms with van der Waals surface area (Å²) in [7, 11) is 0. The van der Waals surface area contributed by atoms with Crippen LogP contribution in [0, 0.1) is 0 Å². The number of azo groups is 1. The first-order valence-electron chi connectivity index (χ1n) is 3.80. The molecule has 0 fully saturated rings. The third-order valence-corrected chi connectivity index (χ3v) is 2.61. The fourth-order valence-electron chi connectivity index (χ4n) is 1.31. The predicted molar refractivity (Wildman–Crippen MR) is 44.9 cm³/mol. The molecule has 0 bridgehead atoms. The Morgan fingerprint density at radius 2 is 2.00 bits per heavy atom. The van der Waals surface area contributed by atoms with Gasteiger partial charge >= 0.3 is 91.8 Å². The van der Waals surface area contributed by atoms with Crippen LogP contribution in [0.2, 0.25) is 0 Å². The van der Waals surface area contributed by atoms with Gasteiger partial charge < -0.3 is 0 Å². The molecule has 0 unspecified atom stereocenters. The van der Waals surface area contributed by atoms with Crippen molar-refractivity contribution in [2.45, 2.75) is 0 Å². The average molecular weight is 182 g/mol. The first-order chi connectivity index (χ1) is 6.20. The van der Waals surface area contributed by atoms with Crippen molar-refractivity contribution in [3.05, 3.63) is 32.3 Å². The molecule has 4 nitrogen and oxygen atoms in total. The quantitative estimate of drug-likeness (QED) is 0.510. The Hall–Kier alpha value is -0.840. The number of hydrogen-bond donors (Lipinski definition) is 0. The second-order valence-corrected chi connectivity index (χ2v) is 3.72. The zero-order valence-corrected chi connectivity index (χ0v) is 8.94. The summed E-state index contributed by atoms with van der Waals surface area (Å²) in [4.78, 5) is 22.6. The topological polar surface area (TPSA) is 58.9 Å². The molecule has 0 radical (unpaired) electrons. The fourth-order valence-corrected chi connectivity index (χ4v) is 1.92. The van der Waals surface area contributed by atoms with Crippen molar-refractivity contribution in [1.29, 1.82) is 0 Å². The summed E-state index contributed by atoms with van der Waals surface area (Å²) in [5, 5.41) is 7.11. The molecule has 0 aromatic carbocycles. The molecule has 0 N–H and O–H groups in total. The van der Waals surface area contributed by atoms with Crippen LogP contribution in [-0.2, 0) is 9.59 Å². The van der Waals surface area contributed by atoms with Crippen LogP contribution in [0.15, 0.2) is 42.5 Å². The van der Waals surface area contributed by atoms with E-state index in [0.29, 0.717) is 42.0 Å². The summed E-state index contributed by atoms with van der Waals surface area (Å²) in [6.45, 7) is 0. The van der Waals surface area contributed by atoms with Crippen LogP contribution >= 0.6 is 0 Å². The van der Waals surface area contributed by atoms with E-state index in [1.54, 1.807) is 12.2 Å². The minimum atomic E-state index is -0.424. The average Bonchev–Trinajstić information content (AvgIpc) is 2.12. The molecule has 1 aliphatic heterocycles. The van der Waals surface area contributed by atoms with E-state index in [9.17, 15) is 9.59 Å². The molecule has 0 atom stereocenters. The van der Waals surface area contributed by atoms with Crippen LogP contribution in [0.5, 0.6) is 0 Å². The summed E-state index contributed by atoms with van der Waals surface area (Å²) in [6.07, 6.45) is 4.61. The van der Waals surface area contributed by atoms with Crippen molar-refractivity contribution in [1.82, 2.24) is 0 Å². The Morgan fingerprint density at radius 1 is 1.23 bits per heavy atom. The molecular weight excluding hydrogens is 179 g/mol. The van der Waals surface area contributed by atoms with Gasteiger partial charge in [-0.25, -0.2) is 0 Å². The molecule has 0 saturated heterocycles. The summed E-state index contributed by atoms with van der Waals surface area (Å²) >= 11 is 0.621. The van der Waals surface area contributed by atoms with Gasteiger partial charge in [0.1, 0.15) is 0 Å². The maximum atomic E-state index is 11.4. The fraction of sp³-hybridized carbons (Fsp3) is 0. The van der Waals surface area contributed by atoms with Crippen molar-refractivity contribution in [3.8, 4) is 0 Å². The van der Waals surface area contributed by atoms with Gasteiger partial charge in [0.2, 0.25) is 0 Å². The van der Waals surface area contributed by atoms with Crippen LogP contribution < -0.4 is 0 Å². The van der Waals surface area contributed by atoms with Crippen LogP contribution in [-0.4, -0.2) is 39.6 Å². The van der Waals surface area contributed by atoms with Crippen molar-refractivity contribution in [3.63, 3.8) is 0 Å². The number of nitrogens with zero attached hydrogens (tertiary/aromatic N) is 2. The molecule has 0 aromatic rings. The third kappa shape index (κ3) is 1.37. The molecule has 0 saturated carbocycles. The molecular formula is C8H3N2NaO2. The molecule has 2 aliphatic rings. The maximum absolute atomic E-state index is 11.4. The van der Waals surface area contributed by atoms with Gasteiger partial charge in [-0.15, -0.1) is 0 Å². The van der Waals surface area contributed by atoms with E-state index >= 15 is 0 Å². The summed E-state index contributed by atoms with van der Waals surface area (Å²) in [6, 6.07) is 0. The number of fused-ring (bicyclic) bond motifs is 1. The van der Waals surface area contributed by atoms with Crippen LogP contribution in [0.3, 0.4) is 0 Å². The van der Waals surface area contributed by atoms with Gasteiger partial charge in [-0.3, -0.25) is 0 Å². The number of ketones is 1. The van der Waals surface area contributed by atoms with E-state index in [1.165, 1.54) is 6.08 Å². The second-order valence-electron chi connectivity index (χ2n) is 2.77. The molecule has 1 aliphatic carbocycles. The normalized spacial score (nSPS) is 20.6. The first-order valence-corrected chi connectivity index (χ1v) is 4.80. The number of rotatable bonds is 0. The molecule has 0 aromatic heterocycles. The number of allylic oxidation sites excluding steroid dienone is 3. The van der Waals surface area contributed by atoms with Gasteiger partial charge in [0.25, 0.3) is 0 Å². The number of amides is 1. The Balaban J connectivity index is 2.65. The van der Waals surface area contributed by atoms with Gasteiger partial charge in [0, 0.05) is 0 Å². The molecule has 5 heteroatoms. The SMILES string of the molecule is O=C1C=CC=C2C(=O)N=N[C]([Na])=C12. The van der Waals surface area contributed by atoms with Gasteiger partial charge in [0.05, 0.1) is 0 Å². The van der Waals surface area contributed by atoms with Crippen LogP contribution in [0.4, 0.5) is 0 Å². The number of hydrogen-bond acceptors (Lipinski definition) is 3. The minimum absolute atomic E-state index is 0.144. The molecule has 2 rings (SSSR count). The molecule has 0 spiro atoms. The molecule has 58 valence electrons. The van der Waals surface area contributed by atoms with Gasteiger partial charge in [-0.1, -0.05) is 0 Å². The summed E-state index contributed by atoms with van der Waals surface area (Å²) < 4.78 is 0.639. The van der Waals surface area contributed by atoms with Crippen molar-refractivity contribution in [2.24, 2.45) is 10.2 Å². The van der Waals surface area contributed by atoms with E-state index in [-0.39, 0.29) is 5.78 Å². The number of carbonyl (C=O) groups excluding carboxylic acids is 2. The van der Waals surface area contributed by atoms with E-state index in [4.69, 9.17) is 0 Å². The summed E-state index contributed by atoms with van der Waals surface area (Å²) in [5.41, 5.74) is 0.821. The molecule has 1 heterocycles. The third-order valence-electron chi connectivity index (χ3n) is 1.91. The van der Waals surface area contributed by atoms with Gasteiger partial charge in [0.15, 0.2) is 0 Å². The Morgan fingerprint density at radius 3 is 2.69 bits per heavy atom. The van der Waals surface area contributed by atoms with E-state index in [2.05, 4.69) is 10.2 Å². The predicted octanol–water partition coefficient (Wildman–Crippen LogP) is 0.424. The van der Waals surface area contributed by atoms with Crippen molar-refractivity contribution in [2.75, 3.05) is 0 Å². The zero-order valence-electron chi connectivity index (χ0n) is 6.94. The first kappa shape index (κ1) is 8.74. The monoisotopic (exact) mass is 182 g/mol. The van der Waals surface area contributed by atoms with Gasteiger partial charge in [-0.2, -0.15) is 0 Å². The Kier molecular flexibility index (Phi) is 2.11. The zero-order chi connectivity index (χ0) is 9.42. The molecule has 1 amide bonds.